The number of rotatable bonds is 5. The average Bonchev–Trinajstić information content (AvgIpc) is 2.47. The van der Waals surface area contributed by atoms with E-state index in [1.54, 1.807) is 7.11 Å². The van der Waals surface area contributed by atoms with Crippen molar-refractivity contribution < 1.29 is 9.53 Å². The molecule has 2 saturated heterocycles. The zero-order valence-corrected chi connectivity index (χ0v) is 12.2. The number of carbonyl (C=O) groups excluding carboxylic acids is 1. The number of nitrogens with one attached hydrogen (secondary N) is 1. The fourth-order valence-electron chi connectivity index (χ4n) is 3.24. The molecular weight excluding hydrogens is 240 g/mol. The molecule has 2 fully saturated rings. The van der Waals surface area contributed by atoms with Crippen LogP contribution in [0.1, 0.15) is 38.5 Å². The topological polar surface area (TPSA) is 41.6 Å². The minimum atomic E-state index is 0.362. The number of amides is 1. The summed E-state index contributed by atoms with van der Waals surface area (Å²) in [7, 11) is 1.76. The molecule has 2 heterocycles. The van der Waals surface area contributed by atoms with Crippen molar-refractivity contribution in [3.8, 4) is 0 Å². The van der Waals surface area contributed by atoms with Crippen LogP contribution in [0.5, 0.6) is 0 Å². The molecule has 0 bridgehead atoms. The van der Waals surface area contributed by atoms with Crippen molar-refractivity contribution in [2.75, 3.05) is 39.9 Å². The van der Waals surface area contributed by atoms with Gasteiger partial charge in [-0.3, -0.25) is 4.79 Å². The summed E-state index contributed by atoms with van der Waals surface area (Å²) in [6.07, 6.45) is 6.55. The van der Waals surface area contributed by atoms with Gasteiger partial charge in [0.15, 0.2) is 0 Å². The summed E-state index contributed by atoms with van der Waals surface area (Å²) in [5.74, 6) is 1.72. The van der Waals surface area contributed by atoms with E-state index < -0.39 is 0 Å². The van der Waals surface area contributed by atoms with Crippen LogP contribution in [0, 0.1) is 11.8 Å². The van der Waals surface area contributed by atoms with Gasteiger partial charge in [0.1, 0.15) is 0 Å². The van der Waals surface area contributed by atoms with Crippen molar-refractivity contribution in [1.29, 1.82) is 0 Å². The second-order valence-corrected chi connectivity index (χ2v) is 6.03. The number of hydrogen-bond donors (Lipinski definition) is 1. The molecule has 0 aliphatic carbocycles. The van der Waals surface area contributed by atoms with E-state index in [9.17, 15) is 4.79 Å². The molecule has 19 heavy (non-hydrogen) atoms. The molecule has 0 aromatic carbocycles. The zero-order valence-electron chi connectivity index (χ0n) is 12.2. The number of hydrogen-bond acceptors (Lipinski definition) is 3. The van der Waals surface area contributed by atoms with Crippen LogP contribution < -0.4 is 5.32 Å². The van der Waals surface area contributed by atoms with Crippen LogP contribution in [-0.2, 0) is 9.53 Å². The summed E-state index contributed by atoms with van der Waals surface area (Å²) in [5, 5.41) is 3.42. The Kier molecular flexibility index (Phi) is 6.11. The number of likely N-dealkylation sites (tertiary alicyclic amines) is 1. The third-order valence-corrected chi connectivity index (χ3v) is 4.53. The first-order valence-corrected chi connectivity index (χ1v) is 7.77. The first kappa shape index (κ1) is 14.8. The third-order valence-electron chi connectivity index (χ3n) is 4.53. The smallest absolute Gasteiger partial charge is 0.222 e. The summed E-state index contributed by atoms with van der Waals surface area (Å²) in [5.41, 5.74) is 0. The Hall–Kier alpha value is -0.610. The zero-order chi connectivity index (χ0) is 13.5. The van der Waals surface area contributed by atoms with E-state index in [-0.39, 0.29) is 0 Å². The predicted molar refractivity (Wildman–Crippen MR) is 76.0 cm³/mol. The maximum atomic E-state index is 12.2. The van der Waals surface area contributed by atoms with Crippen LogP contribution in [0.4, 0.5) is 0 Å². The molecule has 110 valence electrons. The largest absolute Gasteiger partial charge is 0.384 e. The van der Waals surface area contributed by atoms with Crippen LogP contribution >= 0.6 is 0 Å². The fourth-order valence-corrected chi connectivity index (χ4v) is 3.24. The Bertz CT molecular complexity index is 269. The maximum Gasteiger partial charge on any atom is 0.222 e. The molecule has 0 aromatic heterocycles. The summed E-state index contributed by atoms with van der Waals surface area (Å²) in [6, 6.07) is 0. The predicted octanol–water partition coefficient (Wildman–Crippen LogP) is 1.65. The van der Waals surface area contributed by atoms with Crippen LogP contribution in [0.25, 0.3) is 0 Å². The van der Waals surface area contributed by atoms with E-state index in [0.717, 1.165) is 58.5 Å². The first-order valence-electron chi connectivity index (χ1n) is 7.77. The minimum Gasteiger partial charge on any atom is -0.384 e. The van der Waals surface area contributed by atoms with Crippen molar-refractivity contribution in [3.05, 3.63) is 0 Å². The Morgan fingerprint density at radius 1 is 1.26 bits per heavy atom. The minimum absolute atomic E-state index is 0.362. The quantitative estimate of drug-likeness (QED) is 0.824. The molecule has 1 atom stereocenters. The summed E-state index contributed by atoms with van der Waals surface area (Å²) in [4.78, 5) is 14.2. The Labute approximate surface area is 116 Å². The van der Waals surface area contributed by atoms with Gasteiger partial charge in [0, 0.05) is 33.2 Å². The van der Waals surface area contributed by atoms with Gasteiger partial charge in [0.25, 0.3) is 0 Å². The number of ether oxygens (including phenoxy) is 1. The van der Waals surface area contributed by atoms with Crippen molar-refractivity contribution in [1.82, 2.24) is 10.2 Å². The first-order chi connectivity index (χ1) is 9.29. The van der Waals surface area contributed by atoms with E-state index in [4.69, 9.17) is 4.74 Å². The molecule has 1 amide bonds. The summed E-state index contributed by atoms with van der Waals surface area (Å²) >= 11 is 0. The molecular formula is C15H28N2O2. The van der Waals surface area contributed by atoms with Crippen LogP contribution in [0.3, 0.4) is 0 Å². The molecule has 4 nitrogen and oxygen atoms in total. The fraction of sp³-hybridized carbons (Fsp3) is 0.933. The van der Waals surface area contributed by atoms with Gasteiger partial charge in [0.2, 0.25) is 5.91 Å². The molecule has 0 aromatic rings. The van der Waals surface area contributed by atoms with E-state index in [0.29, 0.717) is 17.7 Å². The highest BCUT2D eigenvalue weighted by molar-refractivity contribution is 5.76. The molecule has 2 aliphatic rings. The normalized spacial score (nSPS) is 25.5. The van der Waals surface area contributed by atoms with Crippen molar-refractivity contribution in [2.24, 2.45) is 11.8 Å². The van der Waals surface area contributed by atoms with E-state index in [1.807, 2.05) is 0 Å². The lowest BCUT2D eigenvalue weighted by Crippen LogP contribution is -2.39. The number of methoxy groups -OCH3 is 1. The Balaban J connectivity index is 1.63. The van der Waals surface area contributed by atoms with Gasteiger partial charge in [-0.25, -0.2) is 0 Å². The maximum absolute atomic E-state index is 12.2. The highest BCUT2D eigenvalue weighted by Gasteiger charge is 2.23. The molecule has 2 rings (SSSR count). The van der Waals surface area contributed by atoms with Crippen LogP contribution in [-0.4, -0.2) is 50.7 Å². The van der Waals surface area contributed by atoms with Gasteiger partial charge in [0.05, 0.1) is 0 Å². The summed E-state index contributed by atoms with van der Waals surface area (Å²) < 4.78 is 5.19. The lowest BCUT2D eigenvalue weighted by atomic mass is 9.93. The number of carbonyl (C=O) groups is 1. The monoisotopic (exact) mass is 268 g/mol. The average molecular weight is 268 g/mol. The van der Waals surface area contributed by atoms with Gasteiger partial charge in [-0.05, 0) is 57.0 Å². The highest BCUT2D eigenvalue weighted by Crippen LogP contribution is 2.20. The summed E-state index contributed by atoms with van der Waals surface area (Å²) in [6.45, 7) is 4.95. The molecule has 1 unspecified atom stereocenters. The van der Waals surface area contributed by atoms with Gasteiger partial charge in [-0.2, -0.15) is 0 Å². The third kappa shape index (κ3) is 4.77. The van der Waals surface area contributed by atoms with Crippen molar-refractivity contribution in [2.45, 2.75) is 38.5 Å². The van der Waals surface area contributed by atoms with Crippen molar-refractivity contribution in [3.63, 3.8) is 0 Å². The molecule has 0 spiro atoms. The molecule has 2 aliphatic heterocycles. The SMILES string of the molecule is COCC1CCN(C(=O)CCC2CCCNC2)CC1. The lowest BCUT2D eigenvalue weighted by Gasteiger charge is -2.32. The van der Waals surface area contributed by atoms with E-state index >= 15 is 0 Å². The van der Waals surface area contributed by atoms with Gasteiger partial charge in [-0.1, -0.05) is 0 Å². The number of piperidine rings is 2. The second-order valence-electron chi connectivity index (χ2n) is 6.03. The Morgan fingerprint density at radius 3 is 2.68 bits per heavy atom. The van der Waals surface area contributed by atoms with E-state index in [1.165, 1.54) is 12.8 Å². The Morgan fingerprint density at radius 2 is 2.05 bits per heavy atom. The molecule has 0 radical (unpaired) electrons. The highest BCUT2D eigenvalue weighted by atomic mass is 16.5. The van der Waals surface area contributed by atoms with E-state index in [2.05, 4.69) is 10.2 Å². The second kappa shape index (κ2) is 7.85. The van der Waals surface area contributed by atoms with Gasteiger partial charge < -0.3 is 15.0 Å². The van der Waals surface area contributed by atoms with Gasteiger partial charge >= 0.3 is 0 Å². The lowest BCUT2D eigenvalue weighted by molar-refractivity contribution is -0.133. The van der Waals surface area contributed by atoms with Gasteiger partial charge in [-0.15, -0.1) is 0 Å². The van der Waals surface area contributed by atoms with Crippen LogP contribution in [0.15, 0.2) is 0 Å². The van der Waals surface area contributed by atoms with Crippen molar-refractivity contribution >= 4 is 5.91 Å². The standard InChI is InChI=1S/C15H28N2O2/c1-19-12-14-6-9-17(10-7-14)15(18)5-4-13-3-2-8-16-11-13/h13-14,16H,2-12H2,1H3. The molecule has 4 heteroatoms. The number of nitrogens with zero attached hydrogens (tertiary/aromatic N) is 1. The van der Waals surface area contributed by atoms with Crippen LogP contribution in [0.2, 0.25) is 0 Å². The molecule has 1 N–H and O–H groups in total. The molecule has 0 saturated carbocycles.